The molecular weight excluding hydrogens is 464 g/mol. The summed E-state index contributed by atoms with van der Waals surface area (Å²) in [4.78, 5) is 20.5. The molecule has 1 aliphatic carbocycles. The first-order valence-corrected chi connectivity index (χ1v) is 12.1. The summed E-state index contributed by atoms with van der Waals surface area (Å²) in [5, 5.41) is 24.1. The molecule has 170 valence electrons. The Bertz CT molecular complexity index is 1240. The molecule has 1 saturated carbocycles. The van der Waals surface area contributed by atoms with Gasteiger partial charge in [-0.1, -0.05) is 19.3 Å². The molecule has 1 unspecified atom stereocenters. The van der Waals surface area contributed by atoms with E-state index in [9.17, 15) is 18.5 Å². The highest BCUT2D eigenvalue weighted by Gasteiger charge is 2.61. The van der Waals surface area contributed by atoms with Gasteiger partial charge in [0.15, 0.2) is 5.11 Å². The average molecular weight is 485 g/mol. The number of anilines is 1. The molecule has 2 heterocycles. The maximum atomic E-state index is 12.9. The van der Waals surface area contributed by atoms with Crippen molar-refractivity contribution in [2.45, 2.75) is 48.1 Å². The number of nitriles is 1. The van der Waals surface area contributed by atoms with E-state index in [-0.39, 0.29) is 21.6 Å². The highest BCUT2D eigenvalue weighted by molar-refractivity contribution is 7.92. The summed E-state index contributed by atoms with van der Waals surface area (Å²) in [5.74, 6) is -0.672. The van der Waals surface area contributed by atoms with E-state index < -0.39 is 27.0 Å². The molecule has 33 heavy (non-hydrogen) atoms. The molecule has 2 fully saturated rings. The number of azo groups is 1. The third kappa shape index (κ3) is 4.27. The molecule has 4 rings (SSSR count). The van der Waals surface area contributed by atoms with E-state index in [2.05, 4.69) is 41.6 Å². The molecule has 0 radical (unpaired) electrons. The summed E-state index contributed by atoms with van der Waals surface area (Å²) >= 11 is 5.16. The highest BCUT2D eigenvalue weighted by atomic mass is 32.2. The van der Waals surface area contributed by atoms with Gasteiger partial charge in [-0.05, 0) is 55.4 Å². The molecule has 1 amide bonds. The summed E-state index contributed by atoms with van der Waals surface area (Å²) in [7, 11) is -3.91. The zero-order chi connectivity index (χ0) is 23.5. The number of thiocarbonyl (C=S) groups is 1. The van der Waals surface area contributed by atoms with Crippen molar-refractivity contribution in [3.05, 3.63) is 42.7 Å². The van der Waals surface area contributed by atoms with Crippen LogP contribution in [0, 0.1) is 11.3 Å². The van der Waals surface area contributed by atoms with Crippen LogP contribution in [0.4, 0.5) is 11.6 Å². The van der Waals surface area contributed by atoms with Crippen LogP contribution in [0.5, 0.6) is 0 Å². The van der Waals surface area contributed by atoms with Gasteiger partial charge < -0.3 is 5.32 Å². The predicted molar refractivity (Wildman–Crippen MR) is 122 cm³/mol. The van der Waals surface area contributed by atoms with Gasteiger partial charge >= 0.3 is 0 Å². The van der Waals surface area contributed by atoms with E-state index in [0.29, 0.717) is 12.8 Å². The Labute approximate surface area is 195 Å². The molecule has 0 bridgehead atoms. The fraction of sp³-hybridized carbons (Fsp3) is 0.350. The Morgan fingerprint density at radius 1 is 1.12 bits per heavy atom. The van der Waals surface area contributed by atoms with Crippen molar-refractivity contribution in [2.75, 3.05) is 4.72 Å². The number of aromatic nitrogens is 2. The molecule has 1 atom stereocenters. The SMILES string of the molecule is N#CC1(N=Nc2ccc(S(=O)(=O)Nc3ncccn3)cc2)C(=O)NC(=S)NC12CCCCC2. The minimum absolute atomic E-state index is 0.0323. The lowest BCUT2D eigenvalue weighted by Gasteiger charge is -2.48. The topological polar surface area (TPSA) is 162 Å². The maximum absolute atomic E-state index is 12.9. The number of hydrogen-bond acceptors (Lipinski definition) is 9. The van der Waals surface area contributed by atoms with E-state index in [4.69, 9.17) is 12.2 Å². The van der Waals surface area contributed by atoms with Crippen LogP contribution in [0.1, 0.15) is 32.1 Å². The lowest BCUT2D eigenvalue weighted by Crippen LogP contribution is -2.75. The minimum Gasteiger partial charge on any atom is -0.353 e. The quantitative estimate of drug-likeness (QED) is 0.430. The van der Waals surface area contributed by atoms with E-state index in [0.717, 1.165) is 19.3 Å². The van der Waals surface area contributed by atoms with Crippen molar-refractivity contribution in [3.63, 3.8) is 0 Å². The number of rotatable bonds is 5. The second-order valence-electron chi connectivity index (χ2n) is 7.75. The molecule has 2 aliphatic rings. The number of nitrogens with one attached hydrogen (secondary N) is 3. The predicted octanol–water partition coefficient (Wildman–Crippen LogP) is 2.33. The summed E-state index contributed by atoms with van der Waals surface area (Å²) in [6.07, 6.45) is 6.59. The summed E-state index contributed by atoms with van der Waals surface area (Å²) in [6.45, 7) is 0. The van der Waals surface area contributed by atoms with Crippen LogP contribution in [0.15, 0.2) is 57.8 Å². The standard InChI is InChI=1S/C20H20N8O3S2/c21-13-20(16(29)24-18(32)25-19(20)9-2-1-3-10-19)28-26-14-5-7-15(8-6-14)33(30,31)27-17-22-11-4-12-23-17/h4-8,11-12H,1-3,9-10H2,(H,22,23,27)(H2,24,25,29,32). The van der Waals surface area contributed by atoms with Crippen LogP contribution >= 0.6 is 12.2 Å². The van der Waals surface area contributed by atoms with Crippen molar-refractivity contribution >= 4 is 44.9 Å². The third-order valence-corrected chi connectivity index (χ3v) is 7.27. The van der Waals surface area contributed by atoms with E-state index in [1.54, 1.807) is 6.07 Å². The molecule has 1 aliphatic heterocycles. The molecule has 1 aromatic heterocycles. The van der Waals surface area contributed by atoms with Gasteiger partial charge in [-0.25, -0.2) is 23.1 Å². The Hall–Kier alpha value is -3.50. The van der Waals surface area contributed by atoms with Crippen molar-refractivity contribution < 1.29 is 13.2 Å². The number of carbonyl (C=O) groups is 1. The molecule has 3 N–H and O–H groups in total. The first-order chi connectivity index (χ1) is 15.8. The molecule has 1 saturated heterocycles. The zero-order valence-electron chi connectivity index (χ0n) is 17.4. The van der Waals surface area contributed by atoms with Crippen LogP contribution in [0.2, 0.25) is 0 Å². The van der Waals surface area contributed by atoms with Crippen molar-refractivity contribution in [1.29, 1.82) is 5.26 Å². The van der Waals surface area contributed by atoms with Gasteiger partial charge in [0.1, 0.15) is 6.07 Å². The Morgan fingerprint density at radius 3 is 2.42 bits per heavy atom. The first kappa shape index (κ1) is 22.7. The van der Waals surface area contributed by atoms with E-state index in [1.165, 1.54) is 36.7 Å². The van der Waals surface area contributed by atoms with Crippen molar-refractivity contribution in [3.8, 4) is 6.07 Å². The maximum Gasteiger partial charge on any atom is 0.273 e. The lowest BCUT2D eigenvalue weighted by atomic mass is 9.67. The zero-order valence-corrected chi connectivity index (χ0v) is 19.0. The number of benzene rings is 1. The molecule has 2 aromatic rings. The fourth-order valence-electron chi connectivity index (χ4n) is 4.07. The van der Waals surface area contributed by atoms with Gasteiger partial charge in [0.25, 0.3) is 21.5 Å². The number of nitrogens with zero attached hydrogens (tertiary/aromatic N) is 5. The van der Waals surface area contributed by atoms with Crippen LogP contribution in [0.3, 0.4) is 0 Å². The van der Waals surface area contributed by atoms with Gasteiger partial charge in [0.2, 0.25) is 5.95 Å². The molecule has 1 spiro atoms. The Kier molecular flexibility index (Phi) is 6.05. The molecular formula is C20H20N8O3S2. The monoisotopic (exact) mass is 484 g/mol. The summed E-state index contributed by atoms with van der Waals surface area (Å²) in [5.41, 5.74) is -2.45. The van der Waals surface area contributed by atoms with Gasteiger partial charge in [-0.3, -0.25) is 10.1 Å². The van der Waals surface area contributed by atoms with Crippen molar-refractivity contribution in [1.82, 2.24) is 20.6 Å². The largest absolute Gasteiger partial charge is 0.353 e. The van der Waals surface area contributed by atoms with Crippen LogP contribution in [-0.4, -0.2) is 40.5 Å². The summed E-state index contributed by atoms with van der Waals surface area (Å²) in [6, 6.07) is 9.17. The molecule has 11 nitrogen and oxygen atoms in total. The first-order valence-electron chi connectivity index (χ1n) is 10.2. The van der Waals surface area contributed by atoms with E-state index in [1.807, 2.05) is 0 Å². The average Bonchev–Trinajstić information content (AvgIpc) is 2.80. The van der Waals surface area contributed by atoms with Crippen LogP contribution in [-0.2, 0) is 14.8 Å². The minimum atomic E-state index is -3.91. The highest BCUT2D eigenvalue weighted by Crippen LogP contribution is 2.41. The van der Waals surface area contributed by atoms with Gasteiger partial charge in [-0.2, -0.15) is 15.5 Å². The Morgan fingerprint density at radius 2 is 1.79 bits per heavy atom. The fourth-order valence-corrected chi connectivity index (χ4v) is 5.31. The Balaban J connectivity index is 1.60. The van der Waals surface area contributed by atoms with Crippen molar-refractivity contribution in [2.24, 2.45) is 10.2 Å². The lowest BCUT2D eigenvalue weighted by molar-refractivity contribution is -0.127. The van der Waals surface area contributed by atoms with Gasteiger partial charge in [-0.15, -0.1) is 0 Å². The normalized spacial score (nSPS) is 22.4. The number of carbonyl (C=O) groups excluding carboxylic acids is 1. The van der Waals surface area contributed by atoms with Crippen LogP contribution in [0.25, 0.3) is 0 Å². The van der Waals surface area contributed by atoms with Gasteiger partial charge in [0, 0.05) is 12.4 Å². The molecule has 13 heteroatoms. The number of sulfonamides is 1. The second kappa shape index (κ2) is 8.80. The second-order valence-corrected chi connectivity index (χ2v) is 9.84. The van der Waals surface area contributed by atoms with E-state index >= 15 is 0 Å². The van der Waals surface area contributed by atoms with Crippen LogP contribution < -0.4 is 15.4 Å². The van der Waals surface area contributed by atoms with Gasteiger partial charge in [0.05, 0.1) is 16.1 Å². The third-order valence-electron chi connectivity index (χ3n) is 5.72. The number of hydrogen-bond donors (Lipinski definition) is 3. The molecule has 1 aromatic carbocycles. The summed E-state index contributed by atoms with van der Waals surface area (Å²) < 4.78 is 27.3. The number of amides is 1. The smallest absolute Gasteiger partial charge is 0.273 e.